The molecule has 35 heavy (non-hydrogen) atoms. The van der Waals surface area contributed by atoms with Gasteiger partial charge in [-0.1, -0.05) is 12.1 Å². The van der Waals surface area contributed by atoms with E-state index in [2.05, 4.69) is 5.32 Å². The molecule has 11 heteroatoms. The summed E-state index contributed by atoms with van der Waals surface area (Å²) < 4.78 is 52.1. The molecule has 5 aliphatic rings. The second-order valence-corrected chi connectivity index (χ2v) is 9.40. The van der Waals surface area contributed by atoms with Crippen LogP contribution in [0, 0.1) is 11.8 Å². The molecule has 4 unspecified atom stereocenters. The zero-order valence-electron chi connectivity index (χ0n) is 18.1. The minimum absolute atomic E-state index is 0.0184. The molecule has 7 rings (SSSR count). The molecule has 180 valence electrons. The largest absolute Gasteiger partial charge is 0.454 e. The van der Waals surface area contributed by atoms with Gasteiger partial charge in [0, 0.05) is 17.7 Å². The molecular formula is C24H18F3N3O5. The summed E-state index contributed by atoms with van der Waals surface area (Å²) in [7, 11) is 0. The molecule has 8 nitrogen and oxygen atoms in total. The second-order valence-electron chi connectivity index (χ2n) is 9.40. The Balaban J connectivity index is 1.41. The fraction of sp³-hybridized carbons (Fsp3) is 0.375. The van der Waals surface area contributed by atoms with Gasteiger partial charge in [0.05, 0.1) is 28.8 Å². The van der Waals surface area contributed by atoms with Gasteiger partial charge in [-0.3, -0.25) is 19.3 Å². The average Bonchev–Trinajstić information content (AvgIpc) is 3.59. The predicted octanol–water partition coefficient (Wildman–Crippen LogP) is 2.87. The van der Waals surface area contributed by atoms with Crippen LogP contribution in [0.2, 0.25) is 0 Å². The fourth-order valence-electron chi connectivity index (χ4n) is 6.75. The Morgan fingerprint density at radius 2 is 1.83 bits per heavy atom. The molecule has 3 amide bonds. The lowest BCUT2D eigenvalue weighted by molar-refractivity contribution is -0.137. The number of ether oxygens (including phenoxy) is 2. The van der Waals surface area contributed by atoms with E-state index >= 15 is 0 Å². The fourth-order valence-corrected chi connectivity index (χ4v) is 6.75. The van der Waals surface area contributed by atoms with Gasteiger partial charge in [0.1, 0.15) is 5.54 Å². The van der Waals surface area contributed by atoms with Crippen molar-refractivity contribution in [2.45, 2.75) is 30.6 Å². The van der Waals surface area contributed by atoms with E-state index in [0.29, 0.717) is 30.9 Å². The summed E-state index contributed by atoms with van der Waals surface area (Å²) in [6.07, 6.45) is -3.46. The topological polar surface area (TPSA) is 88.2 Å². The van der Waals surface area contributed by atoms with Crippen LogP contribution in [-0.4, -0.2) is 42.0 Å². The number of halogens is 3. The van der Waals surface area contributed by atoms with E-state index < -0.39 is 52.9 Å². The van der Waals surface area contributed by atoms with Crippen molar-refractivity contribution in [2.75, 3.05) is 23.6 Å². The zero-order valence-corrected chi connectivity index (χ0v) is 18.1. The molecule has 5 aliphatic heterocycles. The molecule has 3 saturated heterocycles. The first-order valence-electron chi connectivity index (χ1n) is 11.3. The number of nitrogens with one attached hydrogen (secondary N) is 1. The number of nitrogens with zero attached hydrogens (tertiary/aromatic N) is 2. The molecule has 2 aromatic rings. The van der Waals surface area contributed by atoms with E-state index in [0.717, 1.165) is 11.0 Å². The molecule has 5 heterocycles. The molecule has 0 saturated carbocycles. The van der Waals surface area contributed by atoms with Gasteiger partial charge >= 0.3 is 6.18 Å². The van der Waals surface area contributed by atoms with Gasteiger partial charge in [0.2, 0.25) is 24.5 Å². The van der Waals surface area contributed by atoms with Gasteiger partial charge in [-0.25, -0.2) is 4.90 Å². The van der Waals surface area contributed by atoms with E-state index in [1.165, 1.54) is 18.2 Å². The molecule has 0 aliphatic carbocycles. The first-order valence-corrected chi connectivity index (χ1v) is 11.3. The number of hydrogen-bond donors (Lipinski definition) is 1. The minimum Gasteiger partial charge on any atom is -0.454 e. The third-order valence-corrected chi connectivity index (χ3v) is 7.95. The van der Waals surface area contributed by atoms with Gasteiger partial charge in [0.15, 0.2) is 11.5 Å². The first-order chi connectivity index (χ1) is 16.7. The highest BCUT2D eigenvalue weighted by Gasteiger charge is 2.75. The maximum atomic E-state index is 13.9. The van der Waals surface area contributed by atoms with Crippen LogP contribution in [0.4, 0.5) is 24.5 Å². The van der Waals surface area contributed by atoms with Crippen molar-refractivity contribution in [2.24, 2.45) is 11.8 Å². The highest BCUT2D eigenvalue weighted by Crippen LogP contribution is 2.61. The summed E-state index contributed by atoms with van der Waals surface area (Å²) in [5, 5.41) is 2.44. The van der Waals surface area contributed by atoms with E-state index in [9.17, 15) is 27.6 Å². The van der Waals surface area contributed by atoms with Crippen molar-refractivity contribution < 1.29 is 37.0 Å². The number of imide groups is 1. The van der Waals surface area contributed by atoms with Crippen molar-refractivity contribution in [1.82, 2.24) is 4.90 Å². The standard InChI is InChI=1S/C24H18F3N3O5/c25-24(26,27)13-4-1-3-12-19(13)28-22(33)23(12)18-17(14-5-2-8-29(14)23)20(31)30(21(18)32)11-6-7-15-16(9-11)35-10-34-15/h1,3-4,6-7,9,14,17-18H,2,5,8,10H2,(H,28,33). The van der Waals surface area contributed by atoms with Gasteiger partial charge in [-0.05, 0) is 37.6 Å². The van der Waals surface area contributed by atoms with E-state index in [4.69, 9.17) is 9.47 Å². The molecule has 0 aromatic heterocycles. The van der Waals surface area contributed by atoms with Crippen molar-refractivity contribution in [1.29, 1.82) is 0 Å². The number of anilines is 2. The maximum absolute atomic E-state index is 13.9. The summed E-state index contributed by atoms with van der Waals surface area (Å²) >= 11 is 0. The summed E-state index contributed by atoms with van der Waals surface area (Å²) in [5.41, 5.74) is -2.60. The van der Waals surface area contributed by atoms with Crippen molar-refractivity contribution >= 4 is 29.1 Å². The normalized spacial score (nSPS) is 30.8. The maximum Gasteiger partial charge on any atom is 0.418 e. The lowest BCUT2D eigenvalue weighted by Gasteiger charge is -2.36. The molecule has 1 spiro atoms. The molecule has 3 fully saturated rings. The summed E-state index contributed by atoms with van der Waals surface area (Å²) in [5.74, 6) is -2.88. The van der Waals surface area contributed by atoms with Crippen LogP contribution in [0.25, 0.3) is 0 Å². The first kappa shape index (κ1) is 20.7. The number of carbonyl (C=O) groups excluding carboxylic acids is 3. The Labute approximate surface area is 196 Å². The number of amides is 3. The van der Waals surface area contributed by atoms with Crippen molar-refractivity contribution in [3.05, 3.63) is 47.5 Å². The smallest absolute Gasteiger partial charge is 0.418 e. The third kappa shape index (κ3) is 2.38. The predicted molar refractivity (Wildman–Crippen MR) is 114 cm³/mol. The third-order valence-electron chi connectivity index (χ3n) is 7.95. The van der Waals surface area contributed by atoms with Crippen molar-refractivity contribution in [3.8, 4) is 11.5 Å². The van der Waals surface area contributed by atoms with Gasteiger partial charge < -0.3 is 14.8 Å². The van der Waals surface area contributed by atoms with Crippen molar-refractivity contribution in [3.63, 3.8) is 0 Å². The second kappa shape index (κ2) is 6.54. The van der Waals surface area contributed by atoms with Crippen LogP contribution in [0.15, 0.2) is 36.4 Å². The van der Waals surface area contributed by atoms with E-state index in [1.54, 1.807) is 17.0 Å². The minimum atomic E-state index is -4.69. The van der Waals surface area contributed by atoms with Crippen LogP contribution in [0.1, 0.15) is 24.0 Å². The molecule has 0 radical (unpaired) electrons. The molecular weight excluding hydrogens is 467 g/mol. The Hall–Kier alpha value is -3.60. The number of benzene rings is 2. The highest BCUT2D eigenvalue weighted by atomic mass is 19.4. The number of rotatable bonds is 1. The van der Waals surface area contributed by atoms with E-state index in [1.807, 2.05) is 0 Å². The summed E-state index contributed by atoms with van der Waals surface area (Å²) in [6.45, 7) is 0.427. The summed E-state index contributed by atoms with van der Waals surface area (Å²) in [4.78, 5) is 44.1. The molecule has 0 bridgehead atoms. The van der Waals surface area contributed by atoms with Crippen LogP contribution in [0.5, 0.6) is 11.5 Å². The Kier molecular flexibility index (Phi) is 3.87. The quantitative estimate of drug-likeness (QED) is 0.626. The monoisotopic (exact) mass is 485 g/mol. The lowest BCUT2D eigenvalue weighted by Crippen LogP contribution is -2.54. The zero-order chi connectivity index (χ0) is 24.3. The van der Waals surface area contributed by atoms with Crippen LogP contribution in [0.3, 0.4) is 0 Å². The van der Waals surface area contributed by atoms with E-state index in [-0.39, 0.29) is 23.7 Å². The van der Waals surface area contributed by atoms with Crippen LogP contribution >= 0.6 is 0 Å². The number of para-hydroxylation sites is 1. The highest BCUT2D eigenvalue weighted by molar-refractivity contribution is 6.26. The molecule has 1 N–H and O–H groups in total. The molecule has 4 atom stereocenters. The van der Waals surface area contributed by atoms with Gasteiger partial charge in [-0.2, -0.15) is 13.2 Å². The summed E-state index contributed by atoms with van der Waals surface area (Å²) in [6, 6.07) is 7.88. The Morgan fingerprint density at radius 3 is 2.63 bits per heavy atom. The average molecular weight is 485 g/mol. The number of alkyl halides is 3. The van der Waals surface area contributed by atoms with Gasteiger partial charge in [-0.15, -0.1) is 0 Å². The Morgan fingerprint density at radius 1 is 1.03 bits per heavy atom. The van der Waals surface area contributed by atoms with Crippen LogP contribution < -0.4 is 19.7 Å². The SMILES string of the molecule is O=C1C2C3CCCN3C3(C(=O)Nc4c(C(F)(F)F)cccc43)C2C(=O)N1c1ccc2c(c1)OCO2. The number of hydrogen-bond acceptors (Lipinski definition) is 6. The van der Waals surface area contributed by atoms with Gasteiger partial charge in [0.25, 0.3) is 0 Å². The van der Waals surface area contributed by atoms with Crippen LogP contribution in [-0.2, 0) is 26.1 Å². The number of fused-ring (bicyclic) bond motifs is 8. The number of carbonyl (C=O) groups is 3. The lowest BCUT2D eigenvalue weighted by atomic mass is 9.75. The molecule has 2 aromatic carbocycles. The Bertz CT molecular complexity index is 1340.